The van der Waals surface area contributed by atoms with Crippen LogP contribution in [0.1, 0.15) is 6.92 Å². The Morgan fingerprint density at radius 3 is 1.39 bits per heavy atom. The van der Waals surface area contributed by atoms with Crippen LogP contribution in [0.25, 0.3) is 0 Å². The van der Waals surface area contributed by atoms with E-state index < -0.39 is 0 Å². The maximum Gasteiger partial charge on any atom is 0.0423 e. The summed E-state index contributed by atoms with van der Waals surface area (Å²) in [6, 6.07) is 0.806. The van der Waals surface area contributed by atoms with Crippen molar-refractivity contribution < 1.29 is 0 Å². The largest absolute Gasteiger partial charge is 0.316 e. The maximum absolute atomic E-state index is 3.24. The molecule has 3 aliphatic heterocycles. The summed E-state index contributed by atoms with van der Waals surface area (Å²) in [6.07, 6.45) is 0. The lowest BCUT2D eigenvalue weighted by Crippen LogP contribution is -2.64. The lowest BCUT2D eigenvalue weighted by atomic mass is 9.94. The predicted molar refractivity (Wildman–Crippen MR) is 100 cm³/mol. The minimum atomic E-state index is 0.444. The summed E-state index contributed by atoms with van der Waals surface area (Å²) in [4.78, 5) is 6.76. The second-order valence-corrected chi connectivity index (χ2v) is 8.06. The summed E-state index contributed by atoms with van der Waals surface area (Å²) in [5.41, 5.74) is 0.444. The molecule has 6 nitrogen and oxygen atoms in total. The number of nitrogens with zero attached hydrogens (tertiary/aromatic N) is 3. The van der Waals surface area contributed by atoms with Gasteiger partial charge in [-0.15, -0.1) is 0 Å². The molecule has 0 aromatic carbocycles. The second kappa shape index (κ2) is 9.91. The summed E-state index contributed by atoms with van der Waals surface area (Å²) in [5.74, 6) is 0.921. The van der Waals surface area contributed by atoms with Crippen LogP contribution in [0.15, 0.2) is 0 Å². The third-order valence-corrected chi connectivity index (χ3v) is 5.07. The van der Waals surface area contributed by atoms with E-state index in [0.717, 1.165) is 25.0 Å². The van der Waals surface area contributed by atoms with Crippen molar-refractivity contribution in [3.8, 4) is 0 Å². The molecule has 3 heterocycles. The molecule has 0 unspecified atom stereocenters. The Labute approximate surface area is 144 Å². The van der Waals surface area contributed by atoms with E-state index in [0.29, 0.717) is 5.54 Å². The normalized spacial score (nSPS) is 23.2. The third-order valence-electron chi connectivity index (χ3n) is 5.07. The molecule has 3 aliphatic rings. The Morgan fingerprint density at radius 1 is 0.826 bits per heavy atom. The van der Waals surface area contributed by atoms with Gasteiger partial charge in [0, 0.05) is 57.4 Å². The molecule has 3 N–H and O–H groups in total. The molecule has 0 aromatic heterocycles. The third kappa shape index (κ3) is 7.45. The van der Waals surface area contributed by atoms with E-state index in [1.165, 1.54) is 32.7 Å². The van der Waals surface area contributed by atoms with Gasteiger partial charge in [-0.2, -0.15) is 0 Å². The van der Waals surface area contributed by atoms with Crippen LogP contribution in [-0.2, 0) is 0 Å². The van der Waals surface area contributed by atoms with Crippen LogP contribution in [0.4, 0.5) is 0 Å². The summed E-state index contributed by atoms with van der Waals surface area (Å²) in [6.45, 7) is 10.6. The van der Waals surface area contributed by atoms with Gasteiger partial charge in [-0.3, -0.25) is 0 Å². The van der Waals surface area contributed by atoms with Gasteiger partial charge in [-0.25, -0.2) is 0 Å². The maximum atomic E-state index is 3.24. The van der Waals surface area contributed by atoms with Crippen LogP contribution < -0.4 is 16.0 Å². The number of rotatable bonds is 4. The quantitative estimate of drug-likeness (QED) is 0.628. The zero-order chi connectivity index (χ0) is 17.5. The number of hydrogen-bond acceptors (Lipinski definition) is 6. The van der Waals surface area contributed by atoms with Gasteiger partial charge >= 0.3 is 0 Å². The molecule has 6 heteroatoms. The van der Waals surface area contributed by atoms with Crippen molar-refractivity contribution in [3.05, 3.63) is 0 Å². The van der Waals surface area contributed by atoms with E-state index in [-0.39, 0.29) is 0 Å². The Kier molecular flexibility index (Phi) is 8.97. The topological polar surface area (TPSA) is 45.8 Å². The molecule has 0 amide bonds. The first kappa shape index (κ1) is 20.8. The van der Waals surface area contributed by atoms with Crippen molar-refractivity contribution in [3.63, 3.8) is 0 Å². The first-order valence-corrected chi connectivity index (χ1v) is 8.85. The van der Waals surface area contributed by atoms with Crippen LogP contribution in [-0.4, -0.2) is 114 Å². The average molecular weight is 329 g/mol. The highest BCUT2D eigenvalue weighted by Crippen LogP contribution is 2.14. The highest BCUT2D eigenvalue weighted by molar-refractivity contribution is 4.95. The fraction of sp³-hybridized carbons (Fsp3) is 1.00. The van der Waals surface area contributed by atoms with Crippen molar-refractivity contribution in [2.24, 2.45) is 5.92 Å². The minimum absolute atomic E-state index is 0.444. The lowest BCUT2D eigenvalue weighted by Gasteiger charge is -2.44. The van der Waals surface area contributed by atoms with Crippen LogP contribution in [0.2, 0.25) is 0 Å². The highest BCUT2D eigenvalue weighted by atomic mass is 15.2. The van der Waals surface area contributed by atoms with Crippen molar-refractivity contribution in [2.75, 3.05) is 88.1 Å². The standard InChI is InChI=1S/2C6H14N2.C5H12N2/c1-8(2)5-6-3-7-4-6;1-6(8(2)3)4-7-5-6;1-7(2)5-3-6-4-5/h6-7H,3-5H2,1-2H3;7H,4-5H2,1-3H3;5-6H,3-4H2,1-2H3. The molecule has 3 rings (SSSR count). The molecule has 0 atom stereocenters. The first-order valence-electron chi connectivity index (χ1n) is 8.85. The fourth-order valence-corrected chi connectivity index (χ4v) is 2.44. The SMILES string of the molecule is CN(C)C1(C)CNC1.CN(C)C1CNC1.CN(C)CC1CNC1. The molecule has 0 bridgehead atoms. The van der Waals surface area contributed by atoms with Crippen LogP contribution >= 0.6 is 0 Å². The van der Waals surface area contributed by atoms with Gasteiger partial charge in [-0.05, 0) is 55.1 Å². The predicted octanol–water partition coefficient (Wildman–Crippen LogP) is -0.803. The van der Waals surface area contributed by atoms with E-state index in [2.05, 4.69) is 79.9 Å². The second-order valence-electron chi connectivity index (χ2n) is 8.06. The summed E-state index contributed by atoms with van der Waals surface area (Å²) >= 11 is 0. The van der Waals surface area contributed by atoms with Gasteiger partial charge in [0.2, 0.25) is 0 Å². The average Bonchev–Trinajstić information content (AvgIpc) is 2.29. The molecule has 138 valence electrons. The molecule has 0 radical (unpaired) electrons. The van der Waals surface area contributed by atoms with E-state index in [1.807, 2.05) is 0 Å². The van der Waals surface area contributed by atoms with Crippen LogP contribution in [0.3, 0.4) is 0 Å². The number of likely N-dealkylation sites (N-methyl/N-ethyl adjacent to an activating group) is 2. The van der Waals surface area contributed by atoms with Gasteiger partial charge in [0.25, 0.3) is 0 Å². The number of nitrogens with one attached hydrogen (secondary N) is 3. The first-order chi connectivity index (χ1) is 10.7. The zero-order valence-electron chi connectivity index (χ0n) is 16.4. The fourth-order valence-electron chi connectivity index (χ4n) is 2.44. The molecule has 0 aliphatic carbocycles. The molecular formula is C17H40N6. The van der Waals surface area contributed by atoms with E-state index in [9.17, 15) is 0 Å². The van der Waals surface area contributed by atoms with Crippen molar-refractivity contribution in [1.82, 2.24) is 30.7 Å². The highest BCUT2D eigenvalue weighted by Gasteiger charge is 2.33. The molecule has 0 saturated carbocycles. The molecule has 23 heavy (non-hydrogen) atoms. The Morgan fingerprint density at radius 2 is 1.35 bits per heavy atom. The van der Waals surface area contributed by atoms with E-state index in [4.69, 9.17) is 0 Å². The van der Waals surface area contributed by atoms with E-state index in [1.54, 1.807) is 0 Å². The Hall–Kier alpha value is -0.240. The lowest BCUT2D eigenvalue weighted by molar-refractivity contribution is 0.106. The smallest absolute Gasteiger partial charge is 0.0423 e. The molecule has 3 saturated heterocycles. The number of hydrogen-bond donors (Lipinski definition) is 3. The van der Waals surface area contributed by atoms with Gasteiger partial charge in [0.1, 0.15) is 0 Å². The minimum Gasteiger partial charge on any atom is -0.316 e. The molecule has 3 fully saturated rings. The molecular weight excluding hydrogens is 288 g/mol. The van der Waals surface area contributed by atoms with Gasteiger partial charge in [0.05, 0.1) is 0 Å². The van der Waals surface area contributed by atoms with Gasteiger partial charge in [0.15, 0.2) is 0 Å². The summed E-state index contributed by atoms with van der Waals surface area (Å²) in [7, 11) is 12.7. The summed E-state index contributed by atoms with van der Waals surface area (Å²) in [5, 5.41) is 9.68. The van der Waals surface area contributed by atoms with Crippen molar-refractivity contribution >= 4 is 0 Å². The van der Waals surface area contributed by atoms with Crippen molar-refractivity contribution in [1.29, 1.82) is 0 Å². The van der Waals surface area contributed by atoms with E-state index >= 15 is 0 Å². The van der Waals surface area contributed by atoms with Crippen LogP contribution in [0.5, 0.6) is 0 Å². The molecule has 0 spiro atoms. The van der Waals surface area contributed by atoms with Crippen LogP contribution in [0, 0.1) is 5.92 Å². The van der Waals surface area contributed by atoms with Gasteiger partial charge < -0.3 is 30.7 Å². The Balaban J connectivity index is 0.000000173. The summed E-state index contributed by atoms with van der Waals surface area (Å²) < 4.78 is 0. The van der Waals surface area contributed by atoms with Crippen molar-refractivity contribution in [2.45, 2.75) is 18.5 Å². The monoisotopic (exact) mass is 328 g/mol. The zero-order valence-corrected chi connectivity index (χ0v) is 16.4. The molecule has 0 aromatic rings. The van der Waals surface area contributed by atoms with Gasteiger partial charge in [-0.1, -0.05) is 0 Å². The Bertz CT molecular complexity index is 306.